The Bertz CT molecular complexity index is 566. The van der Waals surface area contributed by atoms with Gasteiger partial charge in [-0.1, -0.05) is 11.2 Å². The fourth-order valence-electron chi connectivity index (χ4n) is 1.32. The Balaban J connectivity index is 2.20. The number of nitrogens with one attached hydrogen (secondary N) is 1. The topological polar surface area (TPSA) is 68.0 Å². The number of benzene rings is 1. The Labute approximate surface area is 96.6 Å². The Morgan fingerprint density at radius 2 is 2.18 bits per heavy atom. The van der Waals surface area contributed by atoms with Crippen molar-refractivity contribution in [3.05, 3.63) is 41.0 Å². The van der Waals surface area contributed by atoms with E-state index in [1.54, 1.807) is 19.9 Å². The van der Waals surface area contributed by atoms with E-state index in [4.69, 9.17) is 4.52 Å². The molecule has 0 bridgehead atoms. The average molecular weight is 235 g/mol. The van der Waals surface area contributed by atoms with Crippen LogP contribution in [0.2, 0.25) is 0 Å². The van der Waals surface area contributed by atoms with Crippen LogP contribution in [0.3, 0.4) is 0 Å². The molecule has 0 fully saturated rings. The largest absolute Gasteiger partial charge is 0.328 e. The maximum absolute atomic E-state index is 13.5. The van der Waals surface area contributed by atoms with Crippen LogP contribution in [0, 0.1) is 19.7 Å². The molecule has 0 saturated heterocycles. The second-order valence-electron chi connectivity index (χ2n) is 3.58. The highest BCUT2D eigenvalue weighted by Gasteiger charge is 2.14. The predicted molar refractivity (Wildman–Crippen MR) is 58.1 cm³/mol. The summed E-state index contributed by atoms with van der Waals surface area (Å²) in [6, 6.07) is 4.29. The van der Waals surface area contributed by atoms with Crippen molar-refractivity contribution in [2.45, 2.75) is 13.8 Å². The summed E-state index contributed by atoms with van der Waals surface area (Å²) >= 11 is 0. The van der Waals surface area contributed by atoms with Crippen molar-refractivity contribution < 1.29 is 13.7 Å². The number of aryl methyl sites for hydroxylation is 2. The summed E-state index contributed by atoms with van der Waals surface area (Å²) in [5.74, 6) is -0.811. The molecule has 1 amide bonds. The summed E-state index contributed by atoms with van der Waals surface area (Å²) in [5, 5.41) is 5.83. The van der Waals surface area contributed by atoms with Crippen LogP contribution in [-0.4, -0.2) is 16.0 Å². The number of aromatic nitrogens is 2. The summed E-state index contributed by atoms with van der Waals surface area (Å²) in [6.45, 7) is 3.36. The van der Waals surface area contributed by atoms with Crippen LogP contribution in [0.25, 0.3) is 0 Å². The van der Waals surface area contributed by atoms with Gasteiger partial charge in [-0.05, 0) is 31.5 Å². The van der Waals surface area contributed by atoms with Crippen LogP contribution in [0.15, 0.2) is 22.7 Å². The van der Waals surface area contributed by atoms with Gasteiger partial charge in [0.15, 0.2) is 5.82 Å². The van der Waals surface area contributed by atoms with Gasteiger partial charge in [0.05, 0.1) is 5.56 Å². The Morgan fingerprint density at radius 3 is 2.76 bits per heavy atom. The SMILES string of the molecule is Cc1ccc(C(=O)Nc2nc(C)no2)c(F)c1. The first-order valence-electron chi connectivity index (χ1n) is 4.94. The second-order valence-corrected chi connectivity index (χ2v) is 3.58. The van der Waals surface area contributed by atoms with E-state index in [0.29, 0.717) is 5.82 Å². The molecule has 1 aromatic carbocycles. The highest BCUT2D eigenvalue weighted by atomic mass is 19.1. The Hall–Kier alpha value is -2.24. The summed E-state index contributed by atoms with van der Waals surface area (Å²) in [6.07, 6.45) is 0. The standard InChI is InChI=1S/C11H10FN3O2/c1-6-3-4-8(9(12)5-6)10(16)14-11-13-7(2)15-17-11/h3-5H,1-2H3,(H,13,14,15,16). The van der Waals surface area contributed by atoms with E-state index >= 15 is 0 Å². The molecule has 0 spiro atoms. The van der Waals surface area contributed by atoms with Crippen molar-refractivity contribution in [1.82, 2.24) is 10.1 Å². The molecule has 2 aromatic rings. The van der Waals surface area contributed by atoms with Gasteiger partial charge in [-0.3, -0.25) is 10.1 Å². The van der Waals surface area contributed by atoms with Crippen LogP contribution >= 0.6 is 0 Å². The third-order valence-corrected chi connectivity index (χ3v) is 2.12. The summed E-state index contributed by atoms with van der Waals surface area (Å²) in [5.41, 5.74) is 0.680. The zero-order chi connectivity index (χ0) is 12.4. The molecule has 88 valence electrons. The zero-order valence-corrected chi connectivity index (χ0v) is 9.32. The molecule has 1 heterocycles. The molecule has 0 radical (unpaired) electrons. The molecule has 1 aromatic heterocycles. The molecule has 6 heteroatoms. The lowest BCUT2D eigenvalue weighted by molar-refractivity contribution is 0.101. The van der Waals surface area contributed by atoms with Crippen LogP contribution < -0.4 is 5.32 Å². The lowest BCUT2D eigenvalue weighted by Gasteiger charge is -2.02. The lowest BCUT2D eigenvalue weighted by Crippen LogP contribution is -2.14. The molecule has 2 rings (SSSR count). The molecule has 17 heavy (non-hydrogen) atoms. The number of anilines is 1. The number of carbonyl (C=O) groups is 1. The molecular weight excluding hydrogens is 225 g/mol. The van der Waals surface area contributed by atoms with Gasteiger partial charge < -0.3 is 4.52 Å². The smallest absolute Gasteiger partial charge is 0.315 e. The normalized spacial score (nSPS) is 10.3. The molecular formula is C11H10FN3O2. The van der Waals surface area contributed by atoms with E-state index in [9.17, 15) is 9.18 Å². The fraction of sp³-hybridized carbons (Fsp3) is 0.182. The van der Waals surface area contributed by atoms with Gasteiger partial charge in [-0.25, -0.2) is 4.39 Å². The molecule has 0 aliphatic carbocycles. The van der Waals surface area contributed by atoms with E-state index in [-0.39, 0.29) is 11.6 Å². The molecule has 5 nitrogen and oxygen atoms in total. The van der Waals surface area contributed by atoms with E-state index in [0.717, 1.165) is 5.56 Å². The minimum atomic E-state index is -0.619. The van der Waals surface area contributed by atoms with Crippen LogP contribution in [0.1, 0.15) is 21.7 Å². The van der Waals surface area contributed by atoms with Crippen molar-refractivity contribution in [1.29, 1.82) is 0 Å². The highest BCUT2D eigenvalue weighted by Crippen LogP contribution is 2.12. The lowest BCUT2D eigenvalue weighted by atomic mass is 10.1. The maximum atomic E-state index is 13.5. The zero-order valence-electron chi connectivity index (χ0n) is 9.32. The van der Waals surface area contributed by atoms with Crippen molar-refractivity contribution >= 4 is 11.9 Å². The molecule has 0 aliphatic rings. The number of amides is 1. The van der Waals surface area contributed by atoms with Gasteiger partial charge >= 0.3 is 6.01 Å². The second kappa shape index (κ2) is 4.32. The third kappa shape index (κ3) is 2.47. The molecule has 0 saturated carbocycles. The van der Waals surface area contributed by atoms with Gasteiger partial charge in [0.25, 0.3) is 5.91 Å². The minimum absolute atomic E-state index is 0.0486. The maximum Gasteiger partial charge on any atom is 0.328 e. The Morgan fingerprint density at radius 1 is 1.41 bits per heavy atom. The molecule has 1 N–H and O–H groups in total. The molecule has 0 unspecified atom stereocenters. The number of rotatable bonds is 2. The van der Waals surface area contributed by atoms with Crippen LogP contribution in [-0.2, 0) is 0 Å². The number of hydrogen-bond acceptors (Lipinski definition) is 4. The summed E-state index contributed by atoms with van der Waals surface area (Å²) in [7, 11) is 0. The first-order valence-corrected chi connectivity index (χ1v) is 4.94. The predicted octanol–water partition coefficient (Wildman–Crippen LogP) is 2.08. The van der Waals surface area contributed by atoms with Crippen molar-refractivity contribution in [2.75, 3.05) is 5.32 Å². The van der Waals surface area contributed by atoms with Gasteiger partial charge in [-0.2, -0.15) is 4.98 Å². The molecule has 0 aliphatic heterocycles. The van der Waals surface area contributed by atoms with E-state index in [2.05, 4.69) is 15.5 Å². The highest BCUT2D eigenvalue weighted by molar-refractivity contribution is 6.03. The number of nitrogens with zero attached hydrogens (tertiary/aromatic N) is 2. The first kappa shape index (κ1) is 11.3. The third-order valence-electron chi connectivity index (χ3n) is 2.12. The minimum Gasteiger partial charge on any atom is -0.315 e. The van der Waals surface area contributed by atoms with Gasteiger partial charge in [0.1, 0.15) is 5.82 Å². The van der Waals surface area contributed by atoms with Crippen LogP contribution in [0.5, 0.6) is 0 Å². The van der Waals surface area contributed by atoms with Crippen molar-refractivity contribution in [3.63, 3.8) is 0 Å². The Kier molecular flexibility index (Phi) is 2.86. The van der Waals surface area contributed by atoms with Gasteiger partial charge in [0.2, 0.25) is 0 Å². The van der Waals surface area contributed by atoms with E-state index < -0.39 is 11.7 Å². The molecule has 0 atom stereocenters. The van der Waals surface area contributed by atoms with E-state index in [1.165, 1.54) is 12.1 Å². The number of hydrogen-bond donors (Lipinski definition) is 1. The van der Waals surface area contributed by atoms with Crippen LogP contribution in [0.4, 0.5) is 10.4 Å². The van der Waals surface area contributed by atoms with Crippen molar-refractivity contribution in [2.24, 2.45) is 0 Å². The average Bonchev–Trinajstić information content (AvgIpc) is 2.63. The monoisotopic (exact) mass is 235 g/mol. The van der Waals surface area contributed by atoms with Gasteiger partial charge in [-0.15, -0.1) is 0 Å². The van der Waals surface area contributed by atoms with Crippen molar-refractivity contribution in [3.8, 4) is 0 Å². The number of carbonyl (C=O) groups excluding carboxylic acids is 1. The van der Waals surface area contributed by atoms with E-state index in [1.807, 2.05) is 0 Å². The quantitative estimate of drug-likeness (QED) is 0.865. The summed E-state index contributed by atoms with van der Waals surface area (Å²) < 4.78 is 18.2. The van der Waals surface area contributed by atoms with Gasteiger partial charge in [0, 0.05) is 0 Å². The fourth-order valence-corrected chi connectivity index (χ4v) is 1.32. The first-order chi connectivity index (χ1) is 8.06. The summed E-state index contributed by atoms with van der Waals surface area (Å²) in [4.78, 5) is 15.5. The number of halogens is 1.